The van der Waals surface area contributed by atoms with Crippen LogP contribution in [-0.2, 0) is 4.79 Å². The second-order valence-corrected chi connectivity index (χ2v) is 10.0. The number of hydrogen-bond acceptors (Lipinski definition) is 5. The highest BCUT2D eigenvalue weighted by Crippen LogP contribution is 2.30. The molecule has 2 amide bonds. The van der Waals surface area contributed by atoms with E-state index in [4.69, 9.17) is 21.4 Å². The van der Waals surface area contributed by atoms with Crippen LogP contribution in [0.1, 0.15) is 45.7 Å². The molecule has 0 atom stereocenters. The number of halogens is 3. The van der Waals surface area contributed by atoms with Gasteiger partial charge in [-0.1, -0.05) is 11.6 Å². The lowest BCUT2D eigenvalue weighted by molar-refractivity contribution is -0.143. The van der Waals surface area contributed by atoms with Crippen LogP contribution in [0.5, 0.6) is 5.75 Å². The highest BCUT2D eigenvalue weighted by atomic mass is 35.5. The molecule has 3 N–H and O–H groups in total. The molecule has 0 aliphatic heterocycles. The molecule has 2 aromatic carbocycles. The van der Waals surface area contributed by atoms with Gasteiger partial charge in [-0.2, -0.15) is 0 Å². The van der Waals surface area contributed by atoms with Gasteiger partial charge in [-0.25, -0.2) is 8.78 Å². The molecule has 0 radical (unpaired) electrons. The van der Waals surface area contributed by atoms with Crippen molar-refractivity contribution in [1.29, 1.82) is 0 Å². The van der Waals surface area contributed by atoms with Crippen LogP contribution in [0.4, 0.5) is 8.78 Å². The van der Waals surface area contributed by atoms with E-state index in [0.29, 0.717) is 35.6 Å². The summed E-state index contributed by atoms with van der Waals surface area (Å²) in [5.74, 6) is -4.63. The van der Waals surface area contributed by atoms with Gasteiger partial charge in [0.2, 0.25) is 0 Å². The summed E-state index contributed by atoms with van der Waals surface area (Å²) in [7, 11) is 0. The molecule has 1 fully saturated rings. The third-order valence-electron chi connectivity index (χ3n) is 5.98. The fourth-order valence-electron chi connectivity index (χ4n) is 4.06. The zero-order chi connectivity index (χ0) is 25.8. The monoisotopic (exact) mass is 536 g/mol. The van der Waals surface area contributed by atoms with Gasteiger partial charge < -0.3 is 20.5 Å². The van der Waals surface area contributed by atoms with Crippen LogP contribution in [0.3, 0.4) is 0 Å². The minimum Gasteiger partial charge on any atom is -0.487 e. The first-order valence-electron chi connectivity index (χ1n) is 11.3. The summed E-state index contributed by atoms with van der Waals surface area (Å²) in [6, 6.07) is 8.64. The van der Waals surface area contributed by atoms with E-state index >= 15 is 0 Å². The first-order chi connectivity index (χ1) is 17.2. The number of carboxylic acid groups (broad SMARTS) is 1. The number of rotatable bonds is 8. The third-order valence-corrected chi connectivity index (χ3v) is 7.33. The maximum Gasteiger partial charge on any atom is 0.306 e. The topological polar surface area (TPSA) is 105 Å². The number of ether oxygens (including phenoxy) is 1. The van der Waals surface area contributed by atoms with Gasteiger partial charge in [-0.05, 0) is 61.4 Å². The second kappa shape index (κ2) is 11.2. The molecule has 0 unspecified atom stereocenters. The summed E-state index contributed by atoms with van der Waals surface area (Å²) < 4.78 is 35.5. The fraction of sp³-hybridized carbons (Fsp3) is 0.320. The van der Waals surface area contributed by atoms with Crippen molar-refractivity contribution in [3.63, 3.8) is 0 Å². The average Bonchev–Trinajstić information content (AvgIpc) is 3.27. The first-order valence-corrected chi connectivity index (χ1v) is 12.5. The standard InChI is InChI=1S/C25H23ClF2N2O5S/c26-15-3-6-21-14(9-15)10-22(36-21)24(32)30-8-7-29-23(31)17-11-19(28)20(12-18(17)27)35-16-4-1-13(2-5-16)25(33)34/h3,6,9-13,16H,1-2,4-5,7-8H2,(H,29,31)(H,30,32)(H,33,34). The van der Waals surface area contributed by atoms with E-state index in [1.807, 2.05) is 6.07 Å². The number of thiophene rings is 1. The Morgan fingerprint density at radius 3 is 2.36 bits per heavy atom. The van der Waals surface area contributed by atoms with Crippen molar-refractivity contribution in [2.45, 2.75) is 31.8 Å². The van der Waals surface area contributed by atoms with Crippen molar-refractivity contribution in [1.82, 2.24) is 10.6 Å². The number of fused-ring (bicyclic) bond motifs is 1. The van der Waals surface area contributed by atoms with Crippen molar-refractivity contribution in [3.05, 3.63) is 63.5 Å². The highest BCUT2D eigenvalue weighted by Gasteiger charge is 2.28. The van der Waals surface area contributed by atoms with Crippen LogP contribution >= 0.6 is 22.9 Å². The third kappa shape index (κ3) is 6.11. The van der Waals surface area contributed by atoms with Gasteiger partial charge >= 0.3 is 5.97 Å². The zero-order valence-corrected chi connectivity index (χ0v) is 20.6. The van der Waals surface area contributed by atoms with E-state index < -0.39 is 41.1 Å². The van der Waals surface area contributed by atoms with E-state index in [2.05, 4.69) is 10.6 Å². The normalized spacial score (nSPS) is 17.5. The predicted molar refractivity (Wildman–Crippen MR) is 132 cm³/mol. The Hall–Kier alpha value is -3.24. The number of carbonyl (C=O) groups excluding carboxylic acids is 2. The van der Waals surface area contributed by atoms with Crippen LogP contribution in [0.2, 0.25) is 5.02 Å². The molecule has 1 aliphatic carbocycles. The van der Waals surface area contributed by atoms with Gasteiger partial charge in [0.05, 0.1) is 22.5 Å². The molecule has 36 heavy (non-hydrogen) atoms. The van der Waals surface area contributed by atoms with Gasteiger partial charge in [-0.15, -0.1) is 11.3 Å². The van der Waals surface area contributed by atoms with Crippen LogP contribution in [0, 0.1) is 17.6 Å². The highest BCUT2D eigenvalue weighted by molar-refractivity contribution is 7.20. The summed E-state index contributed by atoms with van der Waals surface area (Å²) in [5.41, 5.74) is -0.484. The molecule has 0 bridgehead atoms. The SMILES string of the molecule is O=C(NCCNC(=O)c1cc(F)c(OC2CCC(C(=O)O)CC2)cc1F)c1cc2cc(Cl)ccc2s1. The molecule has 1 aliphatic rings. The Bertz CT molecular complexity index is 1310. The van der Waals surface area contributed by atoms with Gasteiger partial charge in [0, 0.05) is 28.9 Å². The van der Waals surface area contributed by atoms with Crippen LogP contribution in [-0.4, -0.2) is 42.1 Å². The van der Waals surface area contributed by atoms with Gasteiger partial charge in [0.15, 0.2) is 11.6 Å². The van der Waals surface area contributed by atoms with E-state index in [-0.39, 0.29) is 24.7 Å². The molecule has 4 rings (SSSR count). The molecule has 11 heteroatoms. The van der Waals surface area contributed by atoms with Gasteiger partial charge in [0.25, 0.3) is 11.8 Å². The van der Waals surface area contributed by atoms with E-state index in [1.165, 1.54) is 11.3 Å². The largest absolute Gasteiger partial charge is 0.487 e. The molecule has 3 aromatic rings. The van der Waals surface area contributed by atoms with E-state index in [0.717, 1.165) is 22.2 Å². The van der Waals surface area contributed by atoms with Crippen molar-refractivity contribution in [2.75, 3.05) is 13.1 Å². The van der Waals surface area contributed by atoms with Crippen LogP contribution in [0.15, 0.2) is 36.4 Å². The number of hydrogen-bond donors (Lipinski definition) is 3. The number of aliphatic carboxylic acids is 1. The molecular formula is C25H23ClF2N2O5S. The Kier molecular flexibility index (Phi) is 8.05. The number of amides is 2. The molecule has 1 aromatic heterocycles. The minimum atomic E-state index is -0.948. The predicted octanol–water partition coefficient (Wildman–Crippen LogP) is 5.01. The summed E-state index contributed by atoms with van der Waals surface area (Å²) in [6.07, 6.45) is 1.22. The molecule has 0 saturated heterocycles. The quantitative estimate of drug-likeness (QED) is 0.351. The summed E-state index contributed by atoms with van der Waals surface area (Å²) in [5, 5.41) is 15.6. The van der Waals surface area contributed by atoms with Crippen molar-refractivity contribution in [3.8, 4) is 5.75 Å². The lowest BCUT2D eigenvalue weighted by Crippen LogP contribution is -2.34. The molecule has 1 saturated carbocycles. The molecule has 190 valence electrons. The minimum absolute atomic E-state index is 0.00737. The Morgan fingerprint density at radius 2 is 1.67 bits per heavy atom. The van der Waals surface area contributed by atoms with Gasteiger partial charge in [-0.3, -0.25) is 14.4 Å². The maximum atomic E-state index is 14.5. The fourth-order valence-corrected chi connectivity index (χ4v) is 5.20. The van der Waals surface area contributed by atoms with Crippen molar-refractivity contribution in [2.24, 2.45) is 5.92 Å². The van der Waals surface area contributed by atoms with Crippen molar-refractivity contribution >= 4 is 50.8 Å². The van der Waals surface area contributed by atoms with E-state index in [1.54, 1.807) is 18.2 Å². The Balaban J connectivity index is 1.27. The number of carboxylic acids is 1. The number of benzene rings is 2. The summed E-state index contributed by atoms with van der Waals surface area (Å²) >= 11 is 7.27. The summed E-state index contributed by atoms with van der Waals surface area (Å²) in [6.45, 7) is 0.0946. The van der Waals surface area contributed by atoms with Gasteiger partial charge in [0.1, 0.15) is 5.82 Å². The number of nitrogens with one attached hydrogen (secondary N) is 2. The molecule has 1 heterocycles. The Labute approximate surface area is 214 Å². The smallest absolute Gasteiger partial charge is 0.306 e. The van der Waals surface area contributed by atoms with Crippen molar-refractivity contribution < 1.29 is 33.0 Å². The first kappa shape index (κ1) is 25.8. The molecule has 7 nitrogen and oxygen atoms in total. The average molecular weight is 537 g/mol. The molecule has 0 spiro atoms. The van der Waals surface area contributed by atoms with Crippen LogP contribution < -0.4 is 15.4 Å². The lowest BCUT2D eigenvalue weighted by atomic mass is 9.87. The van der Waals surface area contributed by atoms with E-state index in [9.17, 15) is 23.2 Å². The summed E-state index contributed by atoms with van der Waals surface area (Å²) in [4.78, 5) is 36.2. The molecular weight excluding hydrogens is 514 g/mol. The maximum absolute atomic E-state index is 14.5. The lowest BCUT2D eigenvalue weighted by Gasteiger charge is -2.27. The van der Waals surface area contributed by atoms with Crippen LogP contribution in [0.25, 0.3) is 10.1 Å². The Morgan fingerprint density at radius 1 is 0.972 bits per heavy atom. The number of carbonyl (C=O) groups is 3. The second-order valence-electron chi connectivity index (χ2n) is 8.50. The zero-order valence-electron chi connectivity index (χ0n) is 19.0.